The molecule has 1 atom stereocenters. The molecule has 1 unspecified atom stereocenters. The maximum absolute atomic E-state index is 12.4. The van der Waals surface area contributed by atoms with Crippen molar-refractivity contribution in [2.24, 2.45) is 0 Å². The molecule has 3 rings (SSSR count). The van der Waals surface area contributed by atoms with Gasteiger partial charge in [-0.05, 0) is 38.8 Å². The number of piperazine rings is 1. The summed E-state index contributed by atoms with van der Waals surface area (Å²) in [5.74, 6) is 0.764. The smallest absolute Gasteiger partial charge is 0.238 e. The van der Waals surface area contributed by atoms with E-state index in [1.165, 1.54) is 0 Å². The molecule has 2 amide bonds. The molecule has 7 nitrogen and oxygen atoms in total. The Kier molecular flexibility index (Phi) is 6.68. The van der Waals surface area contributed by atoms with Crippen molar-refractivity contribution in [1.29, 1.82) is 0 Å². The second kappa shape index (κ2) is 9.19. The summed E-state index contributed by atoms with van der Waals surface area (Å²) in [6.45, 7) is 7.93. The molecule has 1 aliphatic carbocycles. The summed E-state index contributed by atoms with van der Waals surface area (Å²) in [7, 11) is 0. The van der Waals surface area contributed by atoms with Gasteiger partial charge in [-0.3, -0.25) is 19.4 Å². The number of hydrogen-bond acceptors (Lipinski definition) is 5. The van der Waals surface area contributed by atoms with Crippen LogP contribution in [0.25, 0.3) is 0 Å². The summed E-state index contributed by atoms with van der Waals surface area (Å²) >= 11 is 0. The van der Waals surface area contributed by atoms with E-state index >= 15 is 0 Å². The molecule has 148 valence electrons. The van der Waals surface area contributed by atoms with E-state index in [4.69, 9.17) is 4.74 Å². The van der Waals surface area contributed by atoms with E-state index in [1.807, 2.05) is 38.1 Å². The number of carbonyl (C=O) groups is 2. The first-order chi connectivity index (χ1) is 13.1. The molecule has 0 bridgehead atoms. The first kappa shape index (κ1) is 19.6. The van der Waals surface area contributed by atoms with Crippen LogP contribution in [-0.2, 0) is 9.59 Å². The van der Waals surface area contributed by atoms with Crippen molar-refractivity contribution in [3.05, 3.63) is 24.3 Å². The largest absolute Gasteiger partial charge is 0.492 e. The lowest BCUT2D eigenvalue weighted by molar-refractivity contribution is -0.127. The molecule has 2 aliphatic rings. The highest BCUT2D eigenvalue weighted by Gasteiger charge is 2.30. The van der Waals surface area contributed by atoms with Crippen molar-refractivity contribution in [3.8, 4) is 5.75 Å². The van der Waals surface area contributed by atoms with Gasteiger partial charge in [0.25, 0.3) is 0 Å². The Hall–Kier alpha value is -2.12. The molecule has 7 heteroatoms. The minimum atomic E-state index is -0.111. The molecule has 2 fully saturated rings. The van der Waals surface area contributed by atoms with Crippen molar-refractivity contribution in [2.45, 2.75) is 38.8 Å². The number of para-hydroxylation sites is 2. The van der Waals surface area contributed by atoms with Crippen molar-refractivity contribution >= 4 is 17.5 Å². The number of hydrogen-bond donors (Lipinski definition) is 2. The molecular weight excluding hydrogens is 344 g/mol. The molecule has 0 radical (unpaired) electrons. The standard InChI is InChI=1S/C20H30N4O3/c1-3-27-18-7-5-4-6-17(18)22-19(25)14-23-10-12-24(13-11-23)15(2)20(26)21-16-8-9-16/h4-7,15-16H,3,8-14H2,1-2H3,(H,21,26)(H,22,25). The SMILES string of the molecule is CCOc1ccccc1NC(=O)CN1CCN(C(C)C(=O)NC2CC2)CC1. The Bertz CT molecular complexity index is 654. The lowest BCUT2D eigenvalue weighted by atomic mass is 10.2. The Balaban J connectivity index is 1.43. The molecule has 27 heavy (non-hydrogen) atoms. The second-order valence-corrected chi connectivity index (χ2v) is 7.25. The van der Waals surface area contributed by atoms with Gasteiger partial charge in [-0.15, -0.1) is 0 Å². The third-order valence-electron chi connectivity index (χ3n) is 5.09. The van der Waals surface area contributed by atoms with Gasteiger partial charge in [-0.1, -0.05) is 12.1 Å². The minimum absolute atomic E-state index is 0.0462. The van der Waals surface area contributed by atoms with E-state index in [9.17, 15) is 9.59 Å². The first-order valence-corrected chi connectivity index (χ1v) is 9.85. The number of benzene rings is 1. The number of anilines is 1. The molecule has 1 heterocycles. The van der Waals surface area contributed by atoms with Gasteiger partial charge >= 0.3 is 0 Å². The summed E-state index contributed by atoms with van der Waals surface area (Å²) in [5, 5.41) is 6.01. The van der Waals surface area contributed by atoms with Gasteiger partial charge in [0, 0.05) is 32.2 Å². The van der Waals surface area contributed by atoms with Crippen LogP contribution in [0.1, 0.15) is 26.7 Å². The van der Waals surface area contributed by atoms with E-state index < -0.39 is 0 Å². The fourth-order valence-electron chi connectivity index (χ4n) is 3.27. The molecule has 1 saturated heterocycles. The number of nitrogens with one attached hydrogen (secondary N) is 2. The Labute approximate surface area is 161 Å². The number of rotatable bonds is 8. The van der Waals surface area contributed by atoms with Gasteiger partial charge in [0.15, 0.2) is 0 Å². The molecule has 1 saturated carbocycles. The molecule has 1 aliphatic heterocycles. The summed E-state index contributed by atoms with van der Waals surface area (Å²) in [6, 6.07) is 7.75. The molecule has 1 aromatic carbocycles. The number of carbonyl (C=O) groups excluding carboxylic acids is 2. The van der Waals surface area contributed by atoms with E-state index in [2.05, 4.69) is 20.4 Å². The minimum Gasteiger partial charge on any atom is -0.492 e. The third kappa shape index (κ3) is 5.68. The van der Waals surface area contributed by atoms with Crippen LogP contribution in [0.4, 0.5) is 5.69 Å². The van der Waals surface area contributed by atoms with Crippen molar-refractivity contribution < 1.29 is 14.3 Å². The predicted molar refractivity (Wildman–Crippen MR) is 105 cm³/mol. The average molecular weight is 374 g/mol. The molecule has 0 spiro atoms. The fraction of sp³-hybridized carbons (Fsp3) is 0.600. The number of ether oxygens (including phenoxy) is 1. The lowest BCUT2D eigenvalue weighted by Gasteiger charge is -2.37. The number of nitrogens with zero attached hydrogens (tertiary/aromatic N) is 2. The highest BCUT2D eigenvalue weighted by atomic mass is 16.5. The highest BCUT2D eigenvalue weighted by Crippen LogP contribution is 2.23. The summed E-state index contributed by atoms with van der Waals surface area (Å²) in [4.78, 5) is 28.9. The zero-order valence-electron chi connectivity index (χ0n) is 16.2. The highest BCUT2D eigenvalue weighted by molar-refractivity contribution is 5.93. The summed E-state index contributed by atoms with van der Waals surface area (Å²) < 4.78 is 5.55. The second-order valence-electron chi connectivity index (χ2n) is 7.25. The van der Waals surface area contributed by atoms with Crippen LogP contribution in [0.5, 0.6) is 5.75 Å². The van der Waals surface area contributed by atoms with Gasteiger partial charge in [0.1, 0.15) is 5.75 Å². The molecule has 2 N–H and O–H groups in total. The van der Waals surface area contributed by atoms with Crippen molar-refractivity contribution in [3.63, 3.8) is 0 Å². The van der Waals surface area contributed by atoms with Gasteiger partial charge in [-0.2, -0.15) is 0 Å². The normalized spacial score (nSPS) is 19.3. The lowest BCUT2D eigenvalue weighted by Crippen LogP contribution is -2.55. The Morgan fingerprint density at radius 3 is 2.56 bits per heavy atom. The monoisotopic (exact) mass is 374 g/mol. The van der Waals surface area contributed by atoms with Crippen molar-refractivity contribution in [1.82, 2.24) is 15.1 Å². The topological polar surface area (TPSA) is 73.9 Å². The van der Waals surface area contributed by atoms with Crippen LogP contribution >= 0.6 is 0 Å². The van der Waals surface area contributed by atoms with Crippen LogP contribution in [0.2, 0.25) is 0 Å². The van der Waals surface area contributed by atoms with Gasteiger partial charge in [0.2, 0.25) is 11.8 Å². The summed E-state index contributed by atoms with van der Waals surface area (Å²) in [5.41, 5.74) is 0.702. The fourth-order valence-corrected chi connectivity index (χ4v) is 3.27. The van der Waals surface area contributed by atoms with E-state index in [-0.39, 0.29) is 17.9 Å². The van der Waals surface area contributed by atoms with Crippen LogP contribution < -0.4 is 15.4 Å². The van der Waals surface area contributed by atoms with Gasteiger partial charge in [-0.25, -0.2) is 0 Å². The van der Waals surface area contributed by atoms with E-state index in [0.29, 0.717) is 30.6 Å². The van der Waals surface area contributed by atoms with Gasteiger partial charge < -0.3 is 15.4 Å². The van der Waals surface area contributed by atoms with Crippen LogP contribution in [-0.4, -0.2) is 73.0 Å². The quantitative estimate of drug-likeness (QED) is 0.718. The summed E-state index contributed by atoms with van der Waals surface area (Å²) in [6.07, 6.45) is 2.21. The molecule has 0 aromatic heterocycles. The molecular formula is C20H30N4O3. The molecule has 1 aromatic rings. The Morgan fingerprint density at radius 2 is 1.89 bits per heavy atom. The first-order valence-electron chi connectivity index (χ1n) is 9.85. The Morgan fingerprint density at radius 1 is 1.19 bits per heavy atom. The maximum atomic E-state index is 12.4. The van der Waals surface area contributed by atoms with Crippen molar-refractivity contribution in [2.75, 3.05) is 44.6 Å². The van der Waals surface area contributed by atoms with Crippen LogP contribution in [0.3, 0.4) is 0 Å². The van der Waals surface area contributed by atoms with E-state index in [1.54, 1.807) is 0 Å². The van der Waals surface area contributed by atoms with Crippen LogP contribution in [0, 0.1) is 0 Å². The van der Waals surface area contributed by atoms with Crippen LogP contribution in [0.15, 0.2) is 24.3 Å². The maximum Gasteiger partial charge on any atom is 0.238 e. The number of amides is 2. The zero-order valence-corrected chi connectivity index (χ0v) is 16.2. The van der Waals surface area contributed by atoms with Gasteiger partial charge in [0.05, 0.1) is 24.9 Å². The average Bonchev–Trinajstić information content (AvgIpc) is 3.47. The van der Waals surface area contributed by atoms with E-state index in [0.717, 1.165) is 39.0 Å². The predicted octanol–water partition coefficient (Wildman–Crippen LogP) is 1.31. The zero-order chi connectivity index (χ0) is 19.2. The third-order valence-corrected chi connectivity index (χ3v) is 5.09.